The number of ether oxygens (including phenoxy) is 3. The molecule has 0 bridgehead atoms. The molecule has 0 N–H and O–H groups in total. The third kappa shape index (κ3) is 3.97. The van der Waals surface area contributed by atoms with E-state index in [1.54, 1.807) is 13.8 Å². The van der Waals surface area contributed by atoms with Gasteiger partial charge in [-0.2, -0.15) is 0 Å². The quantitative estimate of drug-likeness (QED) is 0.510. The lowest BCUT2D eigenvalue weighted by Gasteiger charge is -2.16. The first-order valence-electron chi connectivity index (χ1n) is 4.83. The number of carbonyl (C=O) groups is 2. The zero-order valence-electron chi connectivity index (χ0n) is 9.24. The molecule has 0 aliphatic carbocycles. The summed E-state index contributed by atoms with van der Waals surface area (Å²) < 4.78 is 15.1. The van der Waals surface area contributed by atoms with E-state index in [9.17, 15) is 9.59 Å². The Morgan fingerprint density at radius 2 is 2.13 bits per heavy atom. The van der Waals surface area contributed by atoms with E-state index in [1.807, 2.05) is 0 Å². The summed E-state index contributed by atoms with van der Waals surface area (Å²) >= 11 is 0. The molecule has 1 saturated heterocycles. The van der Waals surface area contributed by atoms with E-state index in [1.165, 1.54) is 7.11 Å². The Kier molecular flexibility index (Phi) is 3.82. The Morgan fingerprint density at radius 1 is 1.47 bits per heavy atom. The molecule has 0 aromatic heterocycles. The van der Waals surface area contributed by atoms with Gasteiger partial charge in [-0.05, 0) is 13.8 Å². The van der Waals surface area contributed by atoms with Gasteiger partial charge in [0, 0.05) is 6.42 Å². The summed E-state index contributed by atoms with van der Waals surface area (Å²) in [7, 11) is 1.26. The molecular formula is C10H16O5. The second kappa shape index (κ2) is 4.72. The van der Waals surface area contributed by atoms with Crippen LogP contribution in [-0.4, -0.2) is 37.4 Å². The van der Waals surface area contributed by atoms with Crippen LogP contribution in [0.25, 0.3) is 0 Å². The van der Waals surface area contributed by atoms with E-state index in [0.717, 1.165) is 0 Å². The molecule has 5 heteroatoms. The molecular weight excluding hydrogens is 200 g/mol. The number of methoxy groups -OCH3 is 1. The highest BCUT2D eigenvalue weighted by Gasteiger charge is 2.33. The van der Waals surface area contributed by atoms with Crippen molar-refractivity contribution >= 4 is 11.8 Å². The zero-order chi connectivity index (χ0) is 11.5. The second-order valence-corrected chi connectivity index (χ2v) is 3.95. The van der Waals surface area contributed by atoms with Gasteiger partial charge in [0.1, 0.15) is 12.2 Å². The Morgan fingerprint density at radius 3 is 2.60 bits per heavy atom. The minimum absolute atomic E-state index is 0.187. The van der Waals surface area contributed by atoms with Crippen molar-refractivity contribution in [3.05, 3.63) is 0 Å². The van der Waals surface area contributed by atoms with Crippen molar-refractivity contribution in [3.8, 4) is 0 Å². The molecule has 0 saturated carbocycles. The lowest BCUT2D eigenvalue weighted by molar-refractivity contribution is -0.146. The van der Waals surface area contributed by atoms with Crippen molar-refractivity contribution in [3.63, 3.8) is 0 Å². The first-order valence-corrected chi connectivity index (χ1v) is 4.83. The first-order chi connectivity index (χ1) is 6.93. The van der Waals surface area contributed by atoms with Gasteiger partial charge in [0.05, 0.1) is 19.8 Å². The van der Waals surface area contributed by atoms with E-state index in [2.05, 4.69) is 4.74 Å². The Balaban J connectivity index is 2.31. The normalized spacial score (nSPS) is 23.8. The molecule has 0 aromatic carbocycles. The fourth-order valence-electron chi connectivity index (χ4n) is 1.42. The highest BCUT2D eigenvalue weighted by molar-refractivity contribution is 5.95. The van der Waals surface area contributed by atoms with Gasteiger partial charge >= 0.3 is 5.97 Å². The highest BCUT2D eigenvalue weighted by Crippen LogP contribution is 2.24. The number of rotatable bonds is 4. The second-order valence-electron chi connectivity index (χ2n) is 3.95. The third-order valence-electron chi connectivity index (χ3n) is 2.09. The van der Waals surface area contributed by atoms with Gasteiger partial charge < -0.3 is 14.2 Å². The van der Waals surface area contributed by atoms with Crippen LogP contribution in [-0.2, 0) is 23.8 Å². The van der Waals surface area contributed by atoms with Crippen LogP contribution in [0.15, 0.2) is 0 Å². The number of carbonyl (C=O) groups excluding carboxylic acids is 2. The summed E-state index contributed by atoms with van der Waals surface area (Å²) in [6.07, 6.45) is -0.257. The predicted octanol–water partition coefficient (Wildman–Crippen LogP) is 0.660. The summed E-state index contributed by atoms with van der Waals surface area (Å²) in [5.74, 6) is -1.33. The van der Waals surface area contributed by atoms with Crippen molar-refractivity contribution in [1.82, 2.24) is 0 Å². The van der Waals surface area contributed by atoms with Crippen LogP contribution >= 0.6 is 0 Å². The number of Topliss-reactive ketones (excluding diaryl/α,β-unsaturated/α-hetero) is 1. The molecule has 86 valence electrons. The van der Waals surface area contributed by atoms with Gasteiger partial charge in [0.2, 0.25) is 0 Å². The molecule has 1 fully saturated rings. The van der Waals surface area contributed by atoms with Crippen LogP contribution in [0.5, 0.6) is 0 Å². The molecule has 1 aliphatic heterocycles. The number of ketones is 1. The van der Waals surface area contributed by atoms with Crippen molar-refractivity contribution in [2.45, 2.75) is 38.6 Å². The lowest BCUT2D eigenvalue weighted by Crippen LogP contribution is -2.23. The predicted molar refractivity (Wildman–Crippen MR) is 51.2 cm³/mol. The maximum atomic E-state index is 11.3. The summed E-state index contributed by atoms with van der Waals surface area (Å²) in [6.45, 7) is 3.97. The standard InChI is InChI=1S/C10H16O5/c1-10(2)14-6-8(15-10)4-7(11)5-9(12)13-3/h8H,4-6H2,1-3H3/t8-/m0/s1. The fraction of sp³-hybridized carbons (Fsp3) is 0.800. The zero-order valence-corrected chi connectivity index (χ0v) is 9.24. The topological polar surface area (TPSA) is 61.8 Å². The molecule has 1 rings (SSSR count). The molecule has 0 amide bonds. The van der Waals surface area contributed by atoms with E-state index in [0.29, 0.717) is 6.61 Å². The van der Waals surface area contributed by atoms with Gasteiger partial charge in [0.15, 0.2) is 5.79 Å². The lowest BCUT2D eigenvalue weighted by atomic mass is 10.1. The van der Waals surface area contributed by atoms with Crippen molar-refractivity contribution in [1.29, 1.82) is 0 Å². The molecule has 15 heavy (non-hydrogen) atoms. The van der Waals surface area contributed by atoms with Crippen molar-refractivity contribution in [2.75, 3.05) is 13.7 Å². The number of hydrogen-bond donors (Lipinski definition) is 0. The monoisotopic (exact) mass is 216 g/mol. The van der Waals surface area contributed by atoms with Gasteiger partial charge in [-0.3, -0.25) is 9.59 Å². The Hall–Kier alpha value is -0.940. The Bertz CT molecular complexity index is 259. The van der Waals surface area contributed by atoms with E-state index >= 15 is 0 Å². The number of esters is 1. The Labute approximate surface area is 88.7 Å². The maximum Gasteiger partial charge on any atom is 0.313 e. The molecule has 0 spiro atoms. The summed E-state index contributed by atoms with van der Waals surface area (Å²) in [6, 6.07) is 0. The summed E-state index contributed by atoms with van der Waals surface area (Å²) in [5.41, 5.74) is 0. The molecule has 0 aromatic rings. The summed E-state index contributed by atoms with van der Waals surface area (Å²) in [4.78, 5) is 22.2. The first kappa shape index (κ1) is 12.1. The smallest absolute Gasteiger partial charge is 0.313 e. The molecule has 5 nitrogen and oxygen atoms in total. The van der Waals surface area contributed by atoms with Gasteiger partial charge in [-0.1, -0.05) is 0 Å². The van der Waals surface area contributed by atoms with Crippen LogP contribution in [0.1, 0.15) is 26.7 Å². The summed E-state index contributed by atoms with van der Waals surface area (Å²) in [5, 5.41) is 0. The molecule has 1 aliphatic rings. The van der Waals surface area contributed by atoms with Crippen LogP contribution in [0.2, 0.25) is 0 Å². The van der Waals surface area contributed by atoms with Gasteiger partial charge in [0.25, 0.3) is 0 Å². The minimum Gasteiger partial charge on any atom is -0.469 e. The van der Waals surface area contributed by atoms with Crippen LogP contribution < -0.4 is 0 Å². The molecule has 0 unspecified atom stereocenters. The van der Waals surface area contributed by atoms with Crippen LogP contribution in [0.3, 0.4) is 0 Å². The minimum atomic E-state index is -0.629. The molecule has 0 radical (unpaired) electrons. The van der Waals surface area contributed by atoms with Crippen LogP contribution in [0.4, 0.5) is 0 Å². The van der Waals surface area contributed by atoms with E-state index < -0.39 is 11.8 Å². The largest absolute Gasteiger partial charge is 0.469 e. The maximum absolute atomic E-state index is 11.3. The van der Waals surface area contributed by atoms with E-state index in [4.69, 9.17) is 9.47 Å². The average molecular weight is 216 g/mol. The van der Waals surface area contributed by atoms with Crippen LogP contribution in [0, 0.1) is 0 Å². The third-order valence-corrected chi connectivity index (χ3v) is 2.09. The number of hydrogen-bond acceptors (Lipinski definition) is 5. The fourth-order valence-corrected chi connectivity index (χ4v) is 1.42. The van der Waals surface area contributed by atoms with E-state index in [-0.39, 0.29) is 24.7 Å². The van der Waals surface area contributed by atoms with Gasteiger partial charge in [-0.25, -0.2) is 0 Å². The van der Waals surface area contributed by atoms with Crippen molar-refractivity contribution < 1.29 is 23.8 Å². The van der Waals surface area contributed by atoms with Crippen molar-refractivity contribution in [2.24, 2.45) is 0 Å². The highest BCUT2D eigenvalue weighted by atomic mass is 16.7. The SMILES string of the molecule is COC(=O)CC(=O)C[C@H]1COC(C)(C)O1. The average Bonchev–Trinajstić information content (AvgIpc) is 2.44. The molecule has 1 heterocycles. The van der Waals surface area contributed by atoms with Gasteiger partial charge in [-0.15, -0.1) is 0 Å². The molecule has 1 atom stereocenters.